The lowest BCUT2D eigenvalue weighted by molar-refractivity contribution is 0.666. The smallest absolute Gasteiger partial charge is 0.0788 e. The largest absolute Gasteiger partial charge is 0.310 e. The molecule has 0 radical (unpaired) electrons. The molecule has 0 unspecified atom stereocenters. The fourth-order valence-electron chi connectivity index (χ4n) is 8.64. The Hall–Kier alpha value is -6.77. The molecule has 2 nitrogen and oxygen atoms in total. The van der Waals surface area contributed by atoms with Crippen molar-refractivity contribution in [1.29, 1.82) is 0 Å². The van der Waals surface area contributed by atoms with Crippen molar-refractivity contribution >= 4 is 38.7 Å². The van der Waals surface area contributed by atoms with Gasteiger partial charge in [0.2, 0.25) is 0 Å². The van der Waals surface area contributed by atoms with Crippen molar-refractivity contribution in [2.75, 3.05) is 4.90 Å². The van der Waals surface area contributed by atoms with Gasteiger partial charge >= 0.3 is 0 Å². The van der Waals surface area contributed by atoms with Gasteiger partial charge in [0.05, 0.1) is 11.2 Å². The van der Waals surface area contributed by atoms with Crippen LogP contribution in [-0.4, -0.2) is 4.98 Å². The lowest BCUT2D eigenvalue weighted by Crippen LogP contribution is -2.15. The van der Waals surface area contributed by atoms with Gasteiger partial charge in [-0.3, -0.25) is 0 Å². The first-order valence-electron chi connectivity index (χ1n) is 18.7. The van der Waals surface area contributed by atoms with Crippen molar-refractivity contribution in [2.24, 2.45) is 0 Å². The number of benzene rings is 8. The first-order valence-corrected chi connectivity index (χ1v) is 18.7. The molecular weight excluding hydrogens is 653 g/mol. The van der Waals surface area contributed by atoms with Crippen LogP contribution < -0.4 is 4.90 Å². The number of hydrogen-bond acceptors (Lipinski definition) is 2. The Morgan fingerprint density at radius 3 is 1.63 bits per heavy atom. The van der Waals surface area contributed by atoms with Crippen molar-refractivity contribution in [3.63, 3.8) is 0 Å². The van der Waals surface area contributed by atoms with E-state index in [0.29, 0.717) is 0 Å². The minimum atomic E-state index is -0.150. The van der Waals surface area contributed by atoms with Crippen molar-refractivity contribution in [2.45, 2.75) is 19.3 Å². The van der Waals surface area contributed by atoms with E-state index >= 15 is 0 Å². The Morgan fingerprint density at radius 2 is 0.963 bits per heavy atom. The SMILES string of the molecule is CC1(C)c2ccccc2-c2ccc3c(-c4cccc(N(c5ccc(-c6ccccc6)cc5)c5ccc(-c6ccccc6)cc5)c4)nc4ccccc4c3c21. The topological polar surface area (TPSA) is 16.1 Å². The second-order valence-corrected chi connectivity index (χ2v) is 14.8. The zero-order chi connectivity index (χ0) is 36.2. The summed E-state index contributed by atoms with van der Waals surface area (Å²) in [7, 11) is 0. The van der Waals surface area contributed by atoms with Crippen molar-refractivity contribution < 1.29 is 0 Å². The number of rotatable bonds is 6. The standard InChI is InChI=1S/C52H38N2/c1-52(2)47-22-11-9-20-43(47)44-32-33-46-49(50(44)52)45-21-10-12-23-48(45)53-51(46)39-18-13-19-42(34-39)54(40-28-24-37(25-29-40)35-14-5-3-6-15-35)41-30-26-38(27-31-41)36-16-7-4-8-17-36/h3-34H,1-2H3. The van der Waals surface area contributed by atoms with Crippen molar-refractivity contribution in [3.05, 3.63) is 205 Å². The lowest BCUT2D eigenvalue weighted by Gasteiger charge is -2.27. The first kappa shape index (κ1) is 31.9. The maximum Gasteiger partial charge on any atom is 0.0788 e. The van der Waals surface area contributed by atoms with E-state index in [2.05, 4.69) is 213 Å². The molecule has 0 N–H and O–H groups in total. The third-order valence-corrected chi connectivity index (χ3v) is 11.2. The van der Waals surface area contributed by atoms with E-state index in [0.717, 1.165) is 33.8 Å². The summed E-state index contributed by atoms with van der Waals surface area (Å²) in [5, 5.41) is 3.67. The molecule has 9 aromatic rings. The molecule has 8 aromatic carbocycles. The van der Waals surface area contributed by atoms with E-state index in [9.17, 15) is 0 Å². The van der Waals surface area contributed by atoms with Crippen LogP contribution in [0.1, 0.15) is 25.0 Å². The number of fused-ring (bicyclic) bond motifs is 7. The second-order valence-electron chi connectivity index (χ2n) is 14.8. The van der Waals surface area contributed by atoms with Crippen LogP contribution in [0.15, 0.2) is 194 Å². The highest BCUT2D eigenvalue weighted by Crippen LogP contribution is 2.53. The van der Waals surface area contributed by atoms with Gasteiger partial charge in [0.25, 0.3) is 0 Å². The van der Waals surface area contributed by atoms with Crippen LogP contribution in [0.2, 0.25) is 0 Å². The Bertz CT molecular complexity index is 2740. The molecule has 1 aliphatic carbocycles. The average molecular weight is 691 g/mol. The molecule has 0 amide bonds. The second kappa shape index (κ2) is 12.7. The van der Waals surface area contributed by atoms with Crippen LogP contribution in [0, 0.1) is 0 Å². The van der Waals surface area contributed by atoms with Crippen LogP contribution in [-0.2, 0) is 5.41 Å². The number of anilines is 3. The van der Waals surface area contributed by atoms with Crippen LogP contribution >= 0.6 is 0 Å². The van der Waals surface area contributed by atoms with Gasteiger partial charge in [-0.25, -0.2) is 4.98 Å². The zero-order valence-corrected chi connectivity index (χ0v) is 30.4. The number of nitrogens with zero attached hydrogens (tertiary/aromatic N) is 2. The van der Waals surface area contributed by atoms with Crippen LogP contribution in [0.3, 0.4) is 0 Å². The highest BCUT2D eigenvalue weighted by Gasteiger charge is 2.37. The molecule has 256 valence electrons. The van der Waals surface area contributed by atoms with E-state index < -0.39 is 0 Å². The van der Waals surface area contributed by atoms with E-state index in [1.807, 2.05) is 0 Å². The predicted molar refractivity (Wildman–Crippen MR) is 228 cm³/mol. The lowest BCUT2D eigenvalue weighted by atomic mass is 9.79. The van der Waals surface area contributed by atoms with E-state index in [1.165, 1.54) is 60.7 Å². The maximum atomic E-state index is 5.41. The number of aromatic nitrogens is 1. The Balaban J connectivity index is 1.15. The van der Waals surface area contributed by atoms with Crippen LogP contribution in [0.25, 0.3) is 66.3 Å². The normalized spacial score (nSPS) is 12.8. The zero-order valence-electron chi connectivity index (χ0n) is 30.4. The molecule has 1 heterocycles. The monoisotopic (exact) mass is 690 g/mol. The van der Waals surface area contributed by atoms with Crippen LogP contribution in [0.5, 0.6) is 0 Å². The van der Waals surface area contributed by atoms with Crippen molar-refractivity contribution in [1.82, 2.24) is 4.98 Å². The van der Waals surface area contributed by atoms with Gasteiger partial charge in [-0.2, -0.15) is 0 Å². The van der Waals surface area contributed by atoms with Gasteiger partial charge in [-0.15, -0.1) is 0 Å². The summed E-state index contributed by atoms with van der Waals surface area (Å²) in [5.74, 6) is 0. The molecule has 1 aliphatic rings. The fourth-order valence-corrected chi connectivity index (χ4v) is 8.64. The number of pyridine rings is 1. The fraction of sp³-hybridized carbons (Fsp3) is 0.0577. The summed E-state index contributed by atoms with van der Waals surface area (Å²) in [6.45, 7) is 4.74. The van der Waals surface area contributed by atoms with Gasteiger partial charge in [0.15, 0.2) is 0 Å². The third kappa shape index (κ3) is 5.22. The molecule has 10 rings (SSSR count). The molecule has 0 fully saturated rings. The summed E-state index contributed by atoms with van der Waals surface area (Å²) in [5.41, 5.74) is 16.4. The maximum absolute atomic E-state index is 5.41. The summed E-state index contributed by atoms with van der Waals surface area (Å²) >= 11 is 0. The third-order valence-electron chi connectivity index (χ3n) is 11.2. The Morgan fingerprint density at radius 1 is 0.407 bits per heavy atom. The average Bonchev–Trinajstić information content (AvgIpc) is 3.48. The molecule has 0 saturated heterocycles. The molecule has 0 atom stereocenters. The summed E-state index contributed by atoms with van der Waals surface area (Å²) in [6, 6.07) is 70.0. The summed E-state index contributed by atoms with van der Waals surface area (Å²) < 4.78 is 0. The summed E-state index contributed by atoms with van der Waals surface area (Å²) in [4.78, 5) is 7.77. The van der Waals surface area contributed by atoms with E-state index in [1.54, 1.807) is 0 Å². The van der Waals surface area contributed by atoms with Gasteiger partial charge in [-0.05, 0) is 92.4 Å². The molecule has 1 aromatic heterocycles. The van der Waals surface area contributed by atoms with Gasteiger partial charge in [-0.1, -0.05) is 166 Å². The molecule has 0 aliphatic heterocycles. The highest BCUT2D eigenvalue weighted by molar-refractivity contribution is 6.15. The van der Waals surface area contributed by atoms with Gasteiger partial charge in [0.1, 0.15) is 0 Å². The van der Waals surface area contributed by atoms with Crippen molar-refractivity contribution in [3.8, 4) is 44.6 Å². The Kier molecular flexibility index (Phi) is 7.52. The molecule has 2 heteroatoms. The molecule has 54 heavy (non-hydrogen) atoms. The summed E-state index contributed by atoms with van der Waals surface area (Å²) in [6.07, 6.45) is 0. The van der Waals surface area contributed by atoms with E-state index in [-0.39, 0.29) is 5.41 Å². The van der Waals surface area contributed by atoms with Crippen LogP contribution in [0.4, 0.5) is 17.1 Å². The highest BCUT2D eigenvalue weighted by atomic mass is 15.1. The number of para-hydroxylation sites is 1. The predicted octanol–water partition coefficient (Wildman–Crippen LogP) is 14.2. The minimum Gasteiger partial charge on any atom is -0.310 e. The molecule has 0 bridgehead atoms. The van der Waals surface area contributed by atoms with E-state index in [4.69, 9.17) is 4.98 Å². The number of hydrogen-bond donors (Lipinski definition) is 0. The molecule has 0 saturated carbocycles. The van der Waals surface area contributed by atoms with Gasteiger partial charge < -0.3 is 4.90 Å². The minimum absolute atomic E-state index is 0.150. The Labute approximate surface area is 316 Å². The molecule has 0 spiro atoms. The molecular formula is C52H38N2. The first-order chi connectivity index (χ1) is 26.5. The van der Waals surface area contributed by atoms with Gasteiger partial charge in [0, 0.05) is 38.8 Å². The quantitative estimate of drug-likeness (QED) is 0.161.